The van der Waals surface area contributed by atoms with E-state index < -0.39 is 11.8 Å². The third-order valence-electron chi connectivity index (χ3n) is 3.82. The first-order chi connectivity index (χ1) is 11.0. The summed E-state index contributed by atoms with van der Waals surface area (Å²) in [7, 11) is 0. The first-order valence-electron chi connectivity index (χ1n) is 7.55. The van der Waals surface area contributed by atoms with Crippen LogP contribution in [-0.4, -0.2) is 24.1 Å². The standard InChI is InChI=1S/C17H20N2O3S/c1-11-6-4-5-7-12(11)17(2,3)19-14(20)13-10-18-15(23-13)16-21-8-9-22-16/h4-7,10,16H,8-9H2,1-3H3,(H,19,20). The zero-order valence-corrected chi connectivity index (χ0v) is 14.3. The maximum atomic E-state index is 12.6. The molecule has 0 aliphatic carbocycles. The molecule has 2 heterocycles. The zero-order chi connectivity index (χ0) is 16.4. The van der Waals surface area contributed by atoms with Gasteiger partial charge in [0.15, 0.2) is 0 Å². The summed E-state index contributed by atoms with van der Waals surface area (Å²) >= 11 is 1.31. The van der Waals surface area contributed by atoms with Crippen LogP contribution >= 0.6 is 11.3 Å². The van der Waals surface area contributed by atoms with Crippen molar-refractivity contribution >= 4 is 17.2 Å². The lowest BCUT2D eigenvalue weighted by molar-refractivity contribution is -0.0442. The van der Waals surface area contributed by atoms with Crippen molar-refractivity contribution in [3.63, 3.8) is 0 Å². The normalized spacial score (nSPS) is 15.8. The third kappa shape index (κ3) is 3.44. The Bertz CT molecular complexity index is 705. The van der Waals surface area contributed by atoms with Gasteiger partial charge in [0.05, 0.1) is 24.9 Å². The van der Waals surface area contributed by atoms with E-state index in [0.29, 0.717) is 23.1 Å². The smallest absolute Gasteiger partial charge is 0.263 e. The summed E-state index contributed by atoms with van der Waals surface area (Å²) in [5.41, 5.74) is 1.78. The monoisotopic (exact) mass is 332 g/mol. The number of aromatic nitrogens is 1. The fourth-order valence-electron chi connectivity index (χ4n) is 2.69. The van der Waals surface area contributed by atoms with Crippen LogP contribution in [-0.2, 0) is 15.0 Å². The molecule has 1 aliphatic rings. The number of hydrogen-bond acceptors (Lipinski definition) is 5. The molecule has 1 aliphatic heterocycles. The highest BCUT2D eigenvalue weighted by Gasteiger charge is 2.27. The fourth-order valence-corrected chi connectivity index (χ4v) is 3.50. The van der Waals surface area contributed by atoms with Crippen LogP contribution in [0.3, 0.4) is 0 Å². The molecule has 1 N–H and O–H groups in total. The molecule has 1 saturated heterocycles. The van der Waals surface area contributed by atoms with Crippen LogP contribution in [0.25, 0.3) is 0 Å². The van der Waals surface area contributed by atoms with E-state index in [1.807, 2.05) is 45.0 Å². The van der Waals surface area contributed by atoms with Crippen LogP contribution in [0.5, 0.6) is 0 Å². The van der Waals surface area contributed by atoms with Gasteiger partial charge in [-0.3, -0.25) is 4.79 Å². The summed E-state index contributed by atoms with van der Waals surface area (Å²) in [5, 5.41) is 3.77. The van der Waals surface area contributed by atoms with Gasteiger partial charge in [-0.25, -0.2) is 4.98 Å². The van der Waals surface area contributed by atoms with Gasteiger partial charge in [-0.2, -0.15) is 0 Å². The van der Waals surface area contributed by atoms with E-state index in [1.165, 1.54) is 11.3 Å². The van der Waals surface area contributed by atoms with E-state index in [4.69, 9.17) is 9.47 Å². The summed E-state index contributed by atoms with van der Waals surface area (Å²) < 4.78 is 10.8. The number of rotatable bonds is 4. The Kier molecular flexibility index (Phi) is 4.48. The van der Waals surface area contributed by atoms with Gasteiger partial charge in [0.2, 0.25) is 6.29 Å². The summed E-state index contributed by atoms with van der Waals surface area (Å²) in [5.74, 6) is -0.139. The largest absolute Gasteiger partial charge is 0.344 e. The summed E-state index contributed by atoms with van der Waals surface area (Å²) in [4.78, 5) is 17.4. The molecule has 1 aromatic carbocycles. The molecular formula is C17H20N2O3S. The van der Waals surface area contributed by atoms with Crippen molar-refractivity contribution in [2.24, 2.45) is 0 Å². The van der Waals surface area contributed by atoms with E-state index in [9.17, 15) is 4.79 Å². The number of aryl methyl sites for hydroxylation is 1. The maximum absolute atomic E-state index is 12.6. The quantitative estimate of drug-likeness (QED) is 0.934. The van der Waals surface area contributed by atoms with Gasteiger partial charge < -0.3 is 14.8 Å². The summed E-state index contributed by atoms with van der Waals surface area (Å²) in [6.07, 6.45) is 1.14. The van der Waals surface area contributed by atoms with Gasteiger partial charge >= 0.3 is 0 Å². The first kappa shape index (κ1) is 16.1. The molecular weight excluding hydrogens is 312 g/mol. The molecule has 2 aromatic rings. The Labute approximate surface area is 139 Å². The molecule has 23 heavy (non-hydrogen) atoms. The Hall–Kier alpha value is -1.76. The number of carbonyl (C=O) groups excluding carboxylic acids is 1. The highest BCUT2D eigenvalue weighted by molar-refractivity contribution is 7.13. The number of ether oxygens (including phenoxy) is 2. The number of hydrogen-bond donors (Lipinski definition) is 1. The minimum absolute atomic E-state index is 0.139. The van der Waals surface area contributed by atoms with Gasteiger partial charge in [-0.15, -0.1) is 11.3 Å². The average molecular weight is 332 g/mol. The SMILES string of the molecule is Cc1ccccc1C(C)(C)NC(=O)c1cnc(C2OCCO2)s1. The molecule has 0 atom stereocenters. The lowest BCUT2D eigenvalue weighted by atomic mass is 9.90. The van der Waals surface area contributed by atoms with E-state index in [1.54, 1.807) is 6.20 Å². The molecule has 122 valence electrons. The molecule has 0 radical (unpaired) electrons. The summed E-state index contributed by atoms with van der Waals surface area (Å²) in [6.45, 7) is 7.16. The Morgan fingerprint density at radius 1 is 1.30 bits per heavy atom. The summed E-state index contributed by atoms with van der Waals surface area (Å²) in [6, 6.07) is 8.06. The number of thiazole rings is 1. The highest BCUT2D eigenvalue weighted by Crippen LogP contribution is 2.28. The Morgan fingerprint density at radius 3 is 2.70 bits per heavy atom. The first-order valence-corrected chi connectivity index (χ1v) is 8.36. The Morgan fingerprint density at radius 2 is 2.00 bits per heavy atom. The minimum atomic E-state index is -0.465. The molecule has 1 amide bonds. The molecule has 3 rings (SSSR count). The minimum Gasteiger partial charge on any atom is -0.344 e. The molecule has 0 spiro atoms. The van der Waals surface area contributed by atoms with Crippen LogP contribution in [0.15, 0.2) is 30.5 Å². The molecule has 6 heteroatoms. The predicted octanol–water partition coefficient (Wildman–Crippen LogP) is 3.16. The van der Waals surface area contributed by atoms with Gasteiger partial charge in [0.25, 0.3) is 5.91 Å². The topological polar surface area (TPSA) is 60.5 Å². The van der Waals surface area contributed by atoms with Crippen LogP contribution in [0.1, 0.15) is 45.9 Å². The lowest BCUT2D eigenvalue weighted by Crippen LogP contribution is -2.41. The number of amides is 1. The maximum Gasteiger partial charge on any atom is 0.263 e. The van der Waals surface area contributed by atoms with Crippen molar-refractivity contribution in [1.29, 1.82) is 0 Å². The zero-order valence-electron chi connectivity index (χ0n) is 13.5. The van der Waals surface area contributed by atoms with Crippen LogP contribution in [0, 0.1) is 6.92 Å². The third-order valence-corrected chi connectivity index (χ3v) is 4.83. The van der Waals surface area contributed by atoms with Crippen LogP contribution < -0.4 is 5.32 Å². The second kappa shape index (κ2) is 6.39. The van der Waals surface area contributed by atoms with Gasteiger partial charge in [-0.05, 0) is 31.9 Å². The van der Waals surface area contributed by atoms with Crippen molar-refractivity contribution in [3.05, 3.63) is 51.5 Å². The molecule has 1 fully saturated rings. The lowest BCUT2D eigenvalue weighted by Gasteiger charge is -2.28. The molecule has 0 bridgehead atoms. The van der Waals surface area contributed by atoms with Gasteiger partial charge in [-0.1, -0.05) is 24.3 Å². The van der Waals surface area contributed by atoms with E-state index in [-0.39, 0.29) is 5.91 Å². The van der Waals surface area contributed by atoms with E-state index in [2.05, 4.69) is 10.3 Å². The average Bonchev–Trinajstić information content (AvgIpc) is 3.18. The van der Waals surface area contributed by atoms with Crippen molar-refractivity contribution in [2.75, 3.05) is 13.2 Å². The predicted molar refractivity (Wildman–Crippen MR) is 88.4 cm³/mol. The van der Waals surface area contributed by atoms with Crippen molar-refractivity contribution in [3.8, 4) is 0 Å². The van der Waals surface area contributed by atoms with E-state index in [0.717, 1.165) is 11.1 Å². The van der Waals surface area contributed by atoms with Crippen LogP contribution in [0.4, 0.5) is 0 Å². The molecule has 1 aromatic heterocycles. The number of nitrogens with zero attached hydrogens (tertiary/aromatic N) is 1. The number of benzene rings is 1. The Balaban J connectivity index is 1.74. The van der Waals surface area contributed by atoms with E-state index >= 15 is 0 Å². The second-order valence-corrected chi connectivity index (χ2v) is 7.09. The highest BCUT2D eigenvalue weighted by atomic mass is 32.1. The van der Waals surface area contributed by atoms with Crippen molar-refractivity contribution < 1.29 is 14.3 Å². The van der Waals surface area contributed by atoms with Crippen molar-refractivity contribution in [2.45, 2.75) is 32.6 Å². The number of carbonyl (C=O) groups is 1. The van der Waals surface area contributed by atoms with Gasteiger partial charge in [0.1, 0.15) is 9.88 Å². The number of nitrogens with one attached hydrogen (secondary N) is 1. The molecule has 5 nitrogen and oxygen atoms in total. The second-order valence-electron chi connectivity index (χ2n) is 6.03. The molecule has 0 saturated carbocycles. The fraction of sp³-hybridized carbons (Fsp3) is 0.412. The molecule has 0 unspecified atom stereocenters. The van der Waals surface area contributed by atoms with Crippen LogP contribution in [0.2, 0.25) is 0 Å². The van der Waals surface area contributed by atoms with Crippen molar-refractivity contribution in [1.82, 2.24) is 10.3 Å². The van der Waals surface area contributed by atoms with Gasteiger partial charge in [0, 0.05) is 0 Å².